The van der Waals surface area contributed by atoms with Crippen molar-refractivity contribution in [1.29, 1.82) is 0 Å². The number of rotatable bonds is 7. The van der Waals surface area contributed by atoms with Gasteiger partial charge in [0, 0.05) is 37.1 Å². The maximum absolute atomic E-state index is 12.8. The molecule has 9 nitrogen and oxygen atoms in total. The Balaban J connectivity index is 1.34. The first-order chi connectivity index (χ1) is 17.8. The molecule has 0 bridgehead atoms. The van der Waals surface area contributed by atoms with Crippen molar-refractivity contribution in [2.45, 2.75) is 19.3 Å². The summed E-state index contributed by atoms with van der Waals surface area (Å²) in [5, 5.41) is 8.29. The van der Waals surface area contributed by atoms with E-state index in [1.54, 1.807) is 34.6 Å². The summed E-state index contributed by atoms with van der Waals surface area (Å²) in [4.78, 5) is 20.2. The lowest BCUT2D eigenvalue weighted by molar-refractivity contribution is -0.137. The number of nitrogens with zero attached hydrogens (tertiary/aromatic N) is 6. The highest BCUT2D eigenvalue weighted by Crippen LogP contribution is 2.30. The summed E-state index contributed by atoms with van der Waals surface area (Å²) in [6.07, 6.45) is -0.510. The molecule has 0 unspecified atom stereocenters. The van der Waals surface area contributed by atoms with Gasteiger partial charge in [0.05, 0.1) is 29.6 Å². The Morgan fingerprint density at radius 3 is 2.68 bits per heavy atom. The molecule has 0 N–H and O–H groups in total. The highest BCUT2D eigenvalue weighted by atomic mass is 19.4. The number of aromatic nitrogens is 6. The van der Waals surface area contributed by atoms with Crippen LogP contribution in [0.5, 0.6) is 5.88 Å². The first-order valence-corrected chi connectivity index (χ1v) is 11.0. The van der Waals surface area contributed by atoms with Gasteiger partial charge in [-0.3, -0.25) is 9.48 Å². The lowest BCUT2D eigenvalue weighted by Crippen LogP contribution is -2.18. The number of alkyl halides is 3. The Labute approximate surface area is 207 Å². The van der Waals surface area contributed by atoms with Crippen molar-refractivity contribution in [3.8, 4) is 28.7 Å². The molecule has 12 heteroatoms. The van der Waals surface area contributed by atoms with Gasteiger partial charge in [0.2, 0.25) is 11.7 Å². The SMILES string of the molecule is Cn1ncc(-c2nc(-c3cccc(Cn4ccccc4=O)c3)no2)c1COc1ccc(C(F)(F)F)cn1. The van der Waals surface area contributed by atoms with Crippen LogP contribution >= 0.6 is 0 Å². The molecule has 0 fully saturated rings. The van der Waals surface area contributed by atoms with E-state index in [0.717, 1.165) is 17.7 Å². The molecule has 4 aromatic heterocycles. The minimum Gasteiger partial charge on any atom is -0.471 e. The fraction of sp³-hybridized carbons (Fsp3) is 0.160. The Morgan fingerprint density at radius 2 is 1.92 bits per heavy atom. The van der Waals surface area contributed by atoms with Gasteiger partial charge < -0.3 is 13.8 Å². The van der Waals surface area contributed by atoms with Crippen molar-refractivity contribution in [1.82, 2.24) is 29.5 Å². The number of ether oxygens (including phenoxy) is 1. The average molecular weight is 508 g/mol. The standard InChI is InChI=1S/C25H19F3N6O3/c1-33-20(15-36-21-9-8-18(12-29-21)25(26,27)28)19(13-30-33)24-31-23(32-37-24)17-6-4-5-16(11-17)14-34-10-3-2-7-22(34)35/h2-13H,14-15H2,1H3. The number of hydrogen-bond acceptors (Lipinski definition) is 7. The fourth-order valence-electron chi connectivity index (χ4n) is 3.64. The van der Waals surface area contributed by atoms with Gasteiger partial charge in [-0.15, -0.1) is 0 Å². The van der Waals surface area contributed by atoms with Gasteiger partial charge >= 0.3 is 6.18 Å². The molecular weight excluding hydrogens is 489 g/mol. The first kappa shape index (κ1) is 24.0. The summed E-state index contributed by atoms with van der Waals surface area (Å²) < 4.78 is 52.4. The van der Waals surface area contributed by atoms with Crippen LogP contribution in [0, 0.1) is 0 Å². The van der Waals surface area contributed by atoms with E-state index < -0.39 is 11.7 Å². The van der Waals surface area contributed by atoms with E-state index in [-0.39, 0.29) is 23.9 Å². The molecule has 1 aromatic carbocycles. The van der Waals surface area contributed by atoms with Crippen LogP contribution in [0.1, 0.15) is 16.8 Å². The van der Waals surface area contributed by atoms with Crippen molar-refractivity contribution < 1.29 is 22.4 Å². The van der Waals surface area contributed by atoms with E-state index >= 15 is 0 Å². The van der Waals surface area contributed by atoms with Crippen LogP contribution in [-0.4, -0.2) is 29.5 Å². The van der Waals surface area contributed by atoms with Crippen molar-refractivity contribution in [2.24, 2.45) is 7.05 Å². The third-order valence-electron chi connectivity index (χ3n) is 5.58. The molecule has 188 valence electrons. The molecule has 0 saturated heterocycles. The molecule has 0 spiro atoms. The van der Waals surface area contributed by atoms with Crippen molar-refractivity contribution in [2.75, 3.05) is 0 Å². The zero-order chi connectivity index (χ0) is 26.0. The fourth-order valence-corrected chi connectivity index (χ4v) is 3.64. The van der Waals surface area contributed by atoms with Crippen molar-refractivity contribution in [3.05, 3.63) is 100 Å². The van der Waals surface area contributed by atoms with Gasteiger partial charge in [-0.2, -0.15) is 23.3 Å². The molecule has 0 radical (unpaired) electrons. The summed E-state index contributed by atoms with van der Waals surface area (Å²) in [6, 6.07) is 14.5. The normalized spacial score (nSPS) is 11.6. The van der Waals surface area contributed by atoms with Crippen molar-refractivity contribution >= 4 is 0 Å². The molecule has 4 heterocycles. The van der Waals surface area contributed by atoms with Gasteiger partial charge in [-0.25, -0.2) is 4.98 Å². The zero-order valence-electron chi connectivity index (χ0n) is 19.4. The van der Waals surface area contributed by atoms with Gasteiger partial charge in [0.25, 0.3) is 11.4 Å². The second-order valence-corrected chi connectivity index (χ2v) is 8.09. The molecule has 0 aliphatic rings. The van der Waals surface area contributed by atoms with Gasteiger partial charge in [-0.05, 0) is 23.8 Å². The molecule has 0 atom stereocenters. The lowest BCUT2D eigenvalue weighted by atomic mass is 10.1. The second kappa shape index (κ2) is 9.72. The van der Waals surface area contributed by atoms with Crippen LogP contribution < -0.4 is 10.3 Å². The van der Waals surface area contributed by atoms with E-state index in [9.17, 15) is 18.0 Å². The third kappa shape index (κ3) is 5.27. The Hall–Kier alpha value is -4.74. The van der Waals surface area contributed by atoms with E-state index in [1.807, 2.05) is 24.3 Å². The van der Waals surface area contributed by atoms with Crippen molar-refractivity contribution in [3.63, 3.8) is 0 Å². The summed E-state index contributed by atoms with van der Waals surface area (Å²) >= 11 is 0. The highest BCUT2D eigenvalue weighted by Gasteiger charge is 2.30. The predicted molar refractivity (Wildman–Crippen MR) is 125 cm³/mol. The number of aryl methyl sites for hydroxylation is 1. The molecular formula is C25H19F3N6O3. The number of halogens is 3. The summed E-state index contributed by atoms with van der Waals surface area (Å²) in [7, 11) is 1.69. The van der Waals surface area contributed by atoms with Gasteiger partial charge in [0.15, 0.2) is 0 Å². The largest absolute Gasteiger partial charge is 0.471 e. The molecule has 0 aliphatic heterocycles. The maximum atomic E-state index is 12.8. The number of pyridine rings is 2. The van der Waals surface area contributed by atoms with E-state index in [0.29, 0.717) is 35.4 Å². The van der Waals surface area contributed by atoms with Crippen LogP contribution in [-0.2, 0) is 26.4 Å². The number of hydrogen-bond donors (Lipinski definition) is 0. The Bertz CT molecular complexity index is 1590. The summed E-state index contributed by atoms with van der Waals surface area (Å²) in [6.45, 7) is 0.351. The van der Waals surface area contributed by atoms with Crippen LogP contribution in [0.2, 0.25) is 0 Å². The van der Waals surface area contributed by atoms with E-state index in [1.165, 1.54) is 12.3 Å². The van der Waals surface area contributed by atoms with E-state index in [2.05, 4.69) is 20.2 Å². The Morgan fingerprint density at radius 1 is 1.05 bits per heavy atom. The van der Waals surface area contributed by atoms with Crippen LogP contribution in [0.3, 0.4) is 0 Å². The van der Waals surface area contributed by atoms with Crippen LogP contribution in [0.15, 0.2) is 82.5 Å². The molecule has 0 saturated carbocycles. The summed E-state index contributed by atoms with van der Waals surface area (Å²) in [5.74, 6) is 0.574. The quantitative estimate of drug-likeness (QED) is 0.322. The lowest BCUT2D eigenvalue weighted by Gasteiger charge is -2.09. The average Bonchev–Trinajstić information content (AvgIpc) is 3.51. The molecule has 0 amide bonds. The summed E-state index contributed by atoms with van der Waals surface area (Å²) in [5.41, 5.74) is 1.70. The van der Waals surface area contributed by atoms with Gasteiger partial charge in [0.1, 0.15) is 6.61 Å². The maximum Gasteiger partial charge on any atom is 0.417 e. The van der Waals surface area contributed by atoms with Crippen LogP contribution in [0.25, 0.3) is 22.8 Å². The first-order valence-electron chi connectivity index (χ1n) is 11.0. The smallest absolute Gasteiger partial charge is 0.417 e. The minimum atomic E-state index is -4.48. The topological polar surface area (TPSA) is 101 Å². The number of benzene rings is 1. The minimum absolute atomic E-state index is 0.0284. The van der Waals surface area contributed by atoms with E-state index in [4.69, 9.17) is 9.26 Å². The highest BCUT2D eigenvalue weighted by molar-refractivity contribution is 5.61. The second-order valence-electron chi connectivity index (χ2n) is 8.09. The molecule has 0 aliphatic carbocycles. The predicted octanol–water partition coefficient (Wildman–Crippen LogP) is 4.34. The molecule has 37 heavy (non-hydrogen) atoms. The van der Waals surface area contributed by atoms with Gasteiger partial charge in [-0.1, -0.05) is 29.4 Å². The monoisotopic (exact) mass is 508 g/mol. The third-order valence-corrected chi connectivity index (χ3v) is 5.58. The molecule has 5 rings (SSSR count). The Kier molecular flexibility index (Phi) is 6.30. The van der Waals surface area contributed by atoms with Crippen LogP contribution in [0.4, 0.5) is 13.2 Å². The zero-order valence-corrected chi connectivity index (χ0v) is 19.4. The molecule has 5 aromatic rings.